The van der Waals surface area contributed by atoms with Gasteiger partial charge in [0, 0.05) is 24.0 Å². The van der Waals surface area contributed by atoms with Gasteiger partial charge in [-0.25, -0.2) is 4.98 Å². The fourth-order valence-electron chi connectivity index (χ4n) is 2.89. The summed E-state index contributed by atoms with van der Waals surface area (Å²) in [5.41, 5.74) is 3.50. The molecular weight excluding hydrogens is 370 g/mol. The Labute approximate surface area is 167 Å². The maximum atomic E-state index is 13.3. The molecule has 28 heavy (non-hydrogen) atoms. The minimum Gasteiger partial charge on any atom is -0.497 e. The zero-order valence-corrected chi connectivity index (χ0v) is 16.4. The van der Waals surface area contributed by atoms with E-state index in [4.69, 9.17) is 9.72 Å². The topological polar surface area (TPSA) is 55.3 Å². The van der Waals surface area contributed by atoms with Crippen molar-refractivity contribution in [2.24, 2.45) is 0 Å². The molecule has 140 valence electrons. The molecule has 0 saturated heterocycles. The van der Waals surface area contributed by atoms with Gasteiger partial charge in [0.2, 0.25) is 0 Å². The zero-order chi connectivity index (χ0) is 19.5. The molecule has 0 saturated carbocycles. The molecule has 1 amide bonds. The Bertz CT molecular complexity index is 1110. The van der Waals surface area contributed by atoms with Gasteiger partial charge in [0.1, 0.15) is 5.75 Å². The number of hydrogen-bond donors (Lipinski definition) is 0. The van der Waals surface area contributed by atoms with Crippen LogP contribution in [0.2, 0.25) is 0 Å². The molecule has 0 fully saturated rings. The summed E-state index contributed by atoms with van der Waals surface area (Å²) in [4.78, 5) is 23.9. The number of nitrogens with zero attached hydrogens (tertiary/aromatic N) is 3. The number of carbonyl (C=O) groups is 1. The van der Waals surface area contributed by atoms with Gasteiger partial charge in [0.15, 0.2) is 5.13 Å². The van der Waals surface area contributed by atoms with E-state index < -0.39 is 0 Å². The van der Waals surface area contributed by atoms with E-state index in [-0.39, 0.29) is 5.91 Å². The molecule has 2 heterocycles. The van der Waals surface area contributed by atoms with Gasteiger partial charge in [-0.05, 0) is 42.8 Å². The number of aromatic nitrogens is 2. The van der Waals surface area contributed by atoms with Crippen molar-refractivity contribution in [3.05, 3.63) is 83.7 Å². The van der Waals surface area contributed by atoms with Gasteiger partial charge in [-0.1, -0.05) is 35.1 Å². The van der Waals surface area contributed by atoms with Crippen LogP contribution < -0.4 is 9.64 Å². The maximum absolute atomic E-state index is 13.3. The average Bonchev–Trinajstić information content (AvgIpc) is 3.15. The Kier molecular flexibility index (Phi) is 5.04. The number of hydrogen-bond acceptors (Lipinski definition) is 5. The molecule has 4 rings (SSSR count). The van der Waals surface area contributed by atoms with Crippen molar-refractivity contribution in [1.29, 1.82) is 0 Å². The number of benzene rings is 2. The predicted molar refractivity (Wildman–Crippen MR) is 112 cm³/mol. The summed E-state index contributed by atoms with van der Waals surface area (Å²) < 4.78 is 6.29. The van der Waals surface area contributed by atoms with Gasteiger partial charge in [-0.2, -0.15) is 0 Å². The fourth-order valence-corrected chi connectivity index (χ4v) is 3.83. The van der Waals surface area contributed by atoms with E-state index in [2.05, 4.69) is 4.98 Å². The number of thiazole rings is 1. The number of amides is 1. The fraction of sp³-hybridized carbons (Fsp3) is 0.136. The second-order valence-corrected chi connectivity index (χ2v) is 7.46. The lowest BCUT2D eigenvalue weighted by Crippen LogP contribution is -2.30. The number of rotatable bonds is 5. The molecule has 2 aromatic heterocycles. The highest BCUT2D eigenvalue weighted by Gasteiger charge is 2.22. The van der Waals surface area contributed by atoms with Crippen molar-refractivity contribution in [2.45, 2.75) is 13.5 Å². The van der Waals surface area contributed by atoms with E-state index in [1.807, 2.05) is 61.5 Å². The third kappa shape index (κ3) is 3.73. The average molecular weight is 389 g/mol. The Balaban J connectivity index is 1.75. The smallest absolute Gasteiger partial charge is 0.260 e. The number of ether oxygens (including phenoxy) is 1. The van der Waals surface area contributed by atoms with Crippen LogP contribution >= 0.6 is 11.3 Å². The highest BCUT2D eigenvalue weighted by molar-refractivity contribution is 7.22. The zero-order valence-electron chi connectivity index (χ0n) is 15.6. The molecular formula is C22H19N3O2S. The first-order valence-corrected chi connectivity index (χ1v) is 9.68. The molecule has 0 radical (unpaired) electrons. The first-order valence-electron chi connectivity index (χ1n) is 8.86. The number of fused-ring (bicyclic) bond motifs is 1. The first-order chi connectivity index (χ1) is 13.6. The lowest BCUT2D eigenvalue weighted by Gasteiger charge is -2.20. The highest BCUT2D eigenvalue weighted by Crippen LogP contribution is 2.32. The van der Waals surface area contributed by atoms with E-state index in [0.29, 0.717) is 17.2 Å². The number of aryl methyl sites for hydroxylation is 1. The van der Waals surface area contributed by atoms with Crippen LogP contribution in [0.25, 0.3) is 10.2 Å². The SMILES string of the molecule is COc1ccc2sc(N(Cc3cccnc3)C(=O)c3ccc(C)cc3)nc2c1. The minimum atomic E-state index is -0.0881. The molecule has 0 unspecified atom stereocenters. The summed E-state index contributed by atoms with van der Waals surface area (Å²) in [6, 6.07) is 17.2. The standard InChI is InChI=1S/C22H19N3O2S/c1-15-5-7-17(8-6-15)21(26)25(14-16-4-3-11-23-13-16)22-24-19-12-18(27-2)9-10-20(19)28-22/h3-13H,14H2,1-2H3. The van der Waals surface area contributed by atoms with E-state index in [1.165, 1.54) is 11.3 Å². The van der Waals surface area contributed by atoms with Crippen molar-refractivity contribution in [3.63, 3.8) is 0 Å². The largest absolute Gasteiger partial charge is 0.497 e. The van der Waals surface area contributed by atoms with Crippen LogP contribution in [0.1, 0.15) is 21.5 Å². The molecule has 0 aliphatic heterocycles. The van der Waals surface area contributed by atoms with E-state index in [9.17, 15) is 4.79 Å². The first kappa shape index (κ1) is 18.1. The van der Waals surface area contributed by atoms with Gasteiger partial charge in [-0.3, -0.25) is 14.7 Å². The van der Waals surface area contributed by atoms with Crippen LogP contribution in [0.3, 0.4) is 0 Å². The summed E-state index contributed by atoms with van der Waals surface area (Å²) in [5, 5.41) is 0.651. The van der Waals surface area contributed by atoms with Crippen LogP contribution in [0.15, 0.2) is 67.0 Å². The van der Waals surface area contributed by atoms with Crippen LogP contribution in [0, 0.1) is 6.92 Å². The summed E-state index contributed by atoms with van der Waals surface area (Å²) in [7, 11) is 1.63. The van der Waals surface area contributed by atoms with Crippen molar-refractivity contribution in [2.75, 3.05) is 12.0 Å². The maximum Gasteiger partial charge on any atom is 0.260 e. The molecule has 0 aliphatic carbocycles. The Hall–Kier alpha value is -3.25. The van der Waals surface area contributed by atoms with Crippen LogP contribution in [0.4, 0.5) is 5.13 Å². The second-order valence-electron chi connectivity index (χ2n) is 6.45. The molecule has 4 aromatic rings. The summed E-state index contributed by atoms with van der Waals surface area (Å²) in [5.74, 6) is 0.655. The third-order valence-corrected chi connectivity index (χ3v) is 5.48. The number of carbonyl (C=O) groups excluding carboxylic acids is 1. The predicted octanol–water partition coefficient (Wildman–Crippen LogP) is 4.86. The van der Waals surface area contributed by atoms with Gasteiger partial charge in [0.25, 0.3) is 5.91 Å². The van der Waals surface area contributed by atoms with Gasteiger partial charge in [-0.15, -0.1) is 0 Å². The third-order valence-electron chi connectivity index (χ3n) is 4.42. The quantitative estimate of drug-likeness (QED) is 0.489. The summed E-state index contributed by atoms with van der Waals surface area (Å²) >= 11 is 1.49. The van der Waals surface area contributed by atoms with E-state index in [1.54, 1.807) is 24.4 Å². The molecule has 0 aliphatic rings. The molecule has 6 heteroatoms. The van der Waals surface area contributed by atoms with E-state index in [0.717, 1.165) is 27.1 Å². The highest BCUT2D eigenvalue weighted by atomic mass is 32.1. The van der Waals surface area contributed by atoms with Crippen LogP contribution in [-0.4, -0.2) is 23.0 Å². The number of anilines is 1. The number of methoxy groups -OCH3 is 1. The van der Waals surface area contributed by atoms with Crippen LogP contribution in [-0.2, 0) is 6.54 Å². The monoisotopic (exact) mass is 389 g/mol. The van der Waals surface area contributed by atoms with Crippen molar-refractivity contribution in [1.82, 2.24) is 9.97 Å². The Morgan fingerprint density at radius 3 is 2.68 bits per heavy atom. The Morgan fingerprint density at radius 2 is 1.96 bits per heavy atom. The minimum absolute atomic E-state index is 0.0881. The number of pyridine rings is 1. The normalized spacial score (nSPS) is 10.8. The molecule has 5 nitrogen and oxygen atoms in total. The Morgan fingerprint density at radius 1 is 1.14 bits per heavy atom. The van der Waals surface area contributed by atoms with Gasteiger partial charge >= 0.3 is 0 Å². The lowest BCUT2D eigenvalue weighted by molar-refractivity contribution is 0.0985. The summed E-state index contributed by atoms with van der Waals surface area (Å²) in [6.45, 7) is 2.40. The molecule has 0 atom stereocenters. The van der Waals surface area contributed by atoms with Gasteiger partial charge in [0.05, 0.1) is 23.9 Å². The van der Waals surface area contributed by atoms with Crippen LogP contribution in [0.5, 0.6) is 5.75 Å². The van der Waals surface area contributed by atoms with E-state index >= 15 is 0 Å². The molecule has 0 spiro atoms. The van der Waals surface area contributed by atoms with Gasteiger partial charge < -0.3 is 4.74 Å². The summed E-state index contributed by atoms with van der Waals surface area (Å²) in [6.07, 6.45) is 3.49. The molecule has 2 aromatic carbocycles. The van der Waals surface area contributed by atoms with Crippen molar-refractivity contribution >= 4 is 32.6 Å². The van der Waals surface area contributed by atoms with Crippen molar-refractivity contribution < 1.29 is 9.53 Å². The lowest BCUT2D eigenvalue weighted by atomic mass is 10.1. The van der Waals surface area contributed by atoms with Crippen molar-refractivity contribution in [3.8, 4) is 5.75 Å². The molecule has 0 bridgehead atoms. The second kappa shape index (κ2) is 7.78. The molecule has 0 N–H and O–H groups in total.